The van der Waals surface area contributed by atoms with Gasteiger partial charge in [-0.25, -0.2) is 4.39 Å². The van der Waals surface area contributed by atoms with E-state index in [1.165, 1.54) is 0 Å². The first-order valence-electron chi connectivity index (χ1n) is 3.83. The number of nitrogens with zero attached hydrogens (tertiary/aromatic N) is 1. The highest BCUT2D eigenvalue weighted by Gasteiger charge is 2.24. The lowest BCUT2D eigenvalue weighted by molar-refractivity contribution is -0.386. The molecule has 0 fully saturated rings. The monoisotopic (exact) mass is 235 g/mol. The standard InChI is InChI=1S/C8H4F3NO4/c9-5-1-4(3-13)2-6(12(14)15)7(5)16-8(10)11/h1-3,8H. The molecule has 0 aliphatic rings. The van der Waals surface area contributed by atoms with Gasteiger partial charge in [0.05, 0.1) is 4.92 Å². The summed E-state index contributed by atoms with van der Waals surface area (Å²) in [6.45, 7) is -3.39. The molecule has 1 aromatic rings. The first-order valence-corrected chi connectivity index (χ1v) is 3.83. The second-order valence-corrected chi connectivity index (χ2v) is 2.60. The number of nitro benzene ring substituents is 1. The van der Waals surface area contributed by atoms with Gasteiger partial charge in [0.15, 0.2) is 5.82 Å². The average Bonchev–Trinajstić information content (AvgIpc) is 2.19. The zero-order valence-electron chi connectivity index (χ0n) is 7.52. The Hall–Kier alpha value is -2.12. The van der Waals surface area contributed by atoms with Crippen molar-refractivity contribution in [2.45, 2.75) is 6.61 Å². The van der Waals surface area contributed by atoms with Crippen LogP contribution in [0.3, 0.4) is 0 Å². The van der Waals surface area contributed by atoms with E-state index >= 15 is 0 Å². The molecule has 0 radical (unpaired) electrons. The van der Waals surface area contributed by atoms with Crippen molar-refractivity contribution >= 4 is 12.0 Å². The maximum atomic E-state index is 13.1. The summed E-state index contributed by atoms with van der Waals surface area (Å²) >= 11 is 0. The number of carbonyl (C=O) groups is 1. The number of rotatable bonds is 4. The SMILES string of the molecule is O=Cc1cc(F)c(OC(F)F)c([N+](=O)[O-])c1. The molecule has 0 saturated carbocycles. The molecule has 8 heteroatoms. The molecule has 0 spiro atoms. The summed E-state index contributed by atoms with van der Waals surface area (Å²) in [4.78, 5) is 19.6. The normalized spacial score (nSPS) is 10.2. The Morgan fingerprint density at radius 2 is 2.06 bits per heavy atom. The van der Waals surface area contributed by atoms with Gasteiger partial charge in [-0.1, -0.05) is 0 Å². The Bertz CT molecular complexity index is 436. The molecule has 86 valence electrons. The number of alkyl halides is 2. The van der Waals surface area contributed by atoms with Crippen LogP contribution in [-0.2, 0) is 0 Å². The van der Waals surface area contributed by atoms with E-state index in [9.17, 15) is 28.1 Å². The summed E-state index contributed by atoms with van der Waals surface area (Å²) < 4.78 is 40.5. The fourth-order valence-corrected chi connectivity index (χ4v) is 1.01. The third kappa shape index (κ3) is 2.47. The minimum Gasteiger partial charge on any atom is -0.424 e. The average molecular weight is 235 g/mol. The van der Waals surface area contributed by atoms with E-state index in [2.05, 4.69) is 4.74 Å². The summed E-state index contributed by atoms with van der Waals surface area (Å²) in [6.07, 6.45) is 0.155. The van der Waals surface area contributed by atoms with Crippen LogP contribution in [-0.4, -0.2) is 17.8 Å². The second kappa shape index (κ2) is 4.60. The van der Waals surface area contributed by atoms with E-state index < -0.39 is 28.8 Å². The quantitative estimate of drug-likeness (QED) is 0.455. The highest BCUT2D eigenvalue weighted by Crippen LogP contribution is 2.32. The van der Waals surface area contributed by atoms with E-state index in [4.69, 9.17) is 0 Å². The van der Waals surface area contributed by atoms with Gasteiger partial charge >= 0.3 is 12.3 Å². The van der Waals surface area contributed by atoms with Crippen molar-refractivity contribution < 1.29 is 27.6 Å². The molecule has 0 heterocycles. The molecule has 0 aromatic heterocycles. The molecule has 5 nitrogen and oxygen atoms in total. The summed E-state index contributed by atoms with van der Waals surface area (Å²) in [6, 6.07) is 1.21. The van der Waals surface area contributed by atoms with Gasteiger partial charge in [-0.05, 0) is 6.07 Å². The van der Waals surface area contributed by atoms with Gasteiger partial charge in [-0.2, -0.15) is 8.78 Å². The van der Waals surface area contributed by atoms with Crippen molar-refractivity contribution in [2.24, 2.45) is 0 Å². The van der Waals surface area contributed by atoms with Crippen LogP contribution in [0, 0.1) is 15.9 Å². The van der Waals surface area contributed by atoms with Crippen LogP contribution < -0.4 is 4.74 Å². The zero-order valence-corrected chi connectivity index (χ0v) is 7.52. The van der Waals surface area contributed by atoms with E-state index in [1.54, 1.807) is 0 Å². The Labute approximate surface area is 86.6 Å². The van der Waals surface area contributed by atoms with E-state index in [-0.39, 0.29) is 11.8 Å². The van der Waals surface area contributed by atoms with Crippen LogP contribution in [0.4, 0.5) is 18.9 Å². The molecule has 0 aliphatic heterocycles. The summed E-state index contributed by atoms with van der Waals surface area (Å²) in [5, 5.41) is 10.4. The van der Waals surface area contributed by atoms with Crippen molar-refractivity contribution in [3.8, 4) is 5.75 Å². The fourth-order valence-electron chi connectivity index (χ4n) is 1.01. The van der Waals surface area contributed by atoms with Gasteiger partial charge in [0.2, 0.25) is 5.75 Å². The maximum absolute atomic E-state index is 13.1. The number of aldehydes is 1. The summed E-state index contributed by atoms with van der Waals surface area (Å²) in [5.41, 5.74) is -1.37. The molecule has 0 N–H and O–H groups in total. The molecule has 0 amide bonds. The van der Waals surface area contributed by atoms with E-state index in [0.717, 1.165) is 0 Å². The largest absolute Gasteiger partial charge is 0.424 e. The lowest BCUT2D eigenvalue weighted by Crippen LogP contribution is -2.07. The molecule has 0 saturated heterocycles. The molecular formula is C8H4F3NO4. The lowest BCUT2D eigenvalue weighted by atomic mass is 10.2. The Balaban J connectivity index is 3.33. The fraction of sp³-hybridized carbons (Fsp3) is 0.125. The van der Waals surface area contributed by atoms with Crippen LogP contribution in [0.15, 0.2) is 12.1 Å². The van der Waals surface area contributed by atoms with Crippen LogP contribution >= 0.6 is 0 Å². The Kier molecular flexibility index (Phi) is 3.44. The minimum atomic E-state index is -3.39. The third-order valence-electron chi connectivity index (χ3n) is 1.59. The van der Waals surface area contributed by atoms with Crippen LogP contribution in [0.1, 0.15) is 10.4 Å². The molecule has 1 aromatic carbocycles. The summed E-state index contributed by atoms with van der Waals surface area (Å²) in [5.74, 6) is -2.58. The molecule has 0 unspecified atom stereocenters. The van der Waals surface area contributed by atoms with Gasteiger partial charge < -0.3 is 4.74 Å². The minimum absolute atomic E-state index is 0.155. The molecule has 0 atom stereocenters. The Morgan fingerprint density at radius 1 is 1.44 bits per heavy atom. The first kappa shape index (κ1) is 12.0. The van der Waals surface area contributed by atoms with Crippen molar-refractivity contribution in [1.29, 1.82) is 0 Å². The van der Waals surface area contributed by atoms with Crippen LogP contribution in [0.5, 0.6) is 5.75 Å². The number of carbonyl (C=O) groups excluding carboxylic acids is 1. The van der Waals surface area contributed by atoms with Gasteiger partial charge in [0.1, 0.15) is 6.29 Å². The maximum Gasteiger partial charge on any atom is 0.387 e. The van der Waals surface area contributed by atoms with E-state index in [0.29, 0.717) is 12.1 Å². The van der Waals surface area contributed by atoms with Crippen LogP contribution in [0.2, 0.25) is 0 Å². The smallest absolute Gasteiger partial charge is 0.387 e. The van der Waals surface area contributed by atoms with Gasteiger partial charge in [0, 0.05) is 11.6 Å². The van der Waals surface area contributed by atoms with Crippen molar-refractivity contribution in [1.82, 2.24) is 0 Å². The predicted octanol–water partition coefficient (Wildman–Crippen LogP) is 2.15. The number of ether oxygens (including phenoxy) is 1. The molecular weight excluding hydrogens is 231 g/mol. The first-order chi connectivity index (χ1) is 7.45. The number of hydrogen-bond donors (Lipinski definition) is 0. The number of benzene rings is 1. The van der Waals surface area contributed by atoms with Crippen molar-refractivity contribution in [3.05, 3.63) is 33.6 Å². The van der Waals surface area contributed by atoms with Crippen LogP contribution in [0.25, 0.3) is 0 Å². The molecule has 0 bridgehead atoms. The van der Waals surface area contributed by atoms with E-state index in [1.807, 2.05) is 0 Å². The molecule has 1 rings (SSSR count). The molecule has 16 heavy (non-hydrogen) atoms. The van der Waals surface area contributed by atoms with Crippen molar-refractivity contribution in [3.63, 3.8) is 0 Å². The number of halogens is 3. The molecule has 0 aliphatic carbocycles. The van der Waals surface area contributed by atoms with Gasteiger partial charge in [-0.3, -0.25) is 14.9 Å². The third-order valence-corrected chi connectivity index (χ3v) is 1.59. The topological polar surface area (TPSA) is 69.4 Å². The highest BCUT2D eigenvalue weighted by atomic mass is 19.3. The predicted molar refractivity (Wildman–Crippen MR) is 45.1 cm³/mol. The number of nitro groups is 1. The van der Waals surface area contributed by atoms with Gasteiger partial charge in [-0.15, -0.1) is 0 Å². The summed E-state index contributed by atoms with van der Waals surface area (Å²) in [7, 11) is 0. The Morgan fingerprint density at radius 3 is 2.50 bits per heavy atom. The highest BCUT2D eigenvalue weighted by molar-refractivity contribution is 5.77. The van der Waals surface area contributed by atoms with Gasteiger partial charge in [0.25, 0.3) is 0 Å². The van der Waals surface area contributed by atoms with Crippen molar-refractivity contribution in [2.75, 3.05) is 0 Å². The second-order valence-electron chi connectivity index (χ2n) is 2.60. The lowest BCUT2D eigenvalue weighted by Gasteiger charge is -2.06. The zero-order chi connectivity index (χ0) is 12.3. The number of hydrogen-bond acceptors (Lipinski definition) is 4.